The Morgan fingerprint density at radius 3 is 2.39 bits per heavy atom. The summed E-state index contributed by atoms with van der Waals surface area (Å²) in [4.78, 5) is 4.72. The minimum atomic E-state index is -3.45. The van der Waals surface area contributed by atoms with E-state index >= 15 is 0 Å². The summed E-state index contributed by atoms with van der Waals surface area (Å²) in [5, 5.41) is 7.73. The van der Waals surface area contributed by atoms with Gasteiger partial charge in [-0.15, -0.1) is 5.10 Å². The van der Waals surface area contributed by atoms with E-state index in [1.807, 2.05) is 12.1 Å². The van der Waals surface area contributed by atoms with Gasteiger partial charge in [0, 0.05) is 25.9 Å². The third-order valence-corrected chi connectivity index (χ3v) is 6.96. The van der Waals surface area contributed by atoms with Crippen molar-refractivity contribution in [2.24, 2.45) is 0 Å². The Morgan fingerprint density at radius 2 is 1.74 bits per heavy atom. The Hall–Kier alpha value is -2.76. The lowest BCUT2D eigenvalue weighted by Crippen LogP contribution is -2.22. The first-order chi connectivity index (χ1) is 14.8. The van der Waals surface area contributed by atoms with Gasteiger partial charge >= 0.3 is 0 Å². The fraction of sp³-hybridized carbons (Fsp3) is 0.300. The minimum absolute atomic E-state index is 0.224. The van der Waals surface area contributed by atoms with E-state index in [2.05, 4.69) is 15.2 Å². The van der Waals surface area contributed by atoms with Gasteiger partial charge in [0.2, 0.25) is 15.2 Å². The number of nitrogens with zero attached hydrogens (tertiary/aromatic N) is 3. The summed E-state index contributed by atoms with van der Waals surface area (Å²) in [6, 6.07) is 11.8. The average Bonchev–Trinajstić information content (AvgIpc) is 3.25. The normalized spacial score (nSPS) is 11.5. The molecule has 0 fully saturated rings. The van der Waals surface area contributed by atoms with Gasteiger partial charge in [-0.2, -0.15) is 0 Å². The van der Waals surface area contributed by atoms with Gasteiger partial charge in [-0.05, 0) is 36.4 Å². The van der Waals surface area contributed by atoms with E-state index in [-0.39, 0.29) is 4.90 Å². The number of rotatable bonds is 10. The second kappa shape index (κ2) is 10.0. The molecule has 1 aromatic heterocycles. The van der Waals surface area contributed by atoms with E-state index < -0.39 is 10.0 Å². The van der Waals surface area contributed by atoms with E-state index in [4.69, 9.17) is 14.2 Å². The Bertz CT molecular complexity index is 1110. The van der Waals surface area contributed by atoms with Crippen molar-refractivity contribution in [1.82, 2.24) is 19.5 Å². The standard InChI is InChI=1S/C20H24N4O5S2/c1-24(2)31(25,26)16-8-5-14(6-9-16)29-11-12-30-20-21-19(22-23-20)17-10-7-15(27-3)13-18(17)28-4/h5-10,13H,11-12H2,1-4H3,(H,21,22,23). The Balaban J connectivity index is 1.54. The summed E-state index contributed by atoms with van der Waals surface area (Å²) in [6.45, 7) is 0.417. The van der Waals surface area contributed by atoms with Gasteiger partial charge in [-0.25, -0.2) is 17.7 Å². The highest BCUT2D eigenvalue weighted by Crippen LogP contribution is 2.32. The molecule has 0 aliphatic carbocycles. The van der Waals surface area contributed by atoms with Crippen molar-refractivity contribution in [2.75, 3.05) is 40.7 Å². The van der Waals surface area contributed by atoms with Crippen molar-refractivity contribution in [3.05, 3.63) is 42.5 Å². The molecule has 166 valence electrons. The van der Waals surface area contributed by atoms with Gasteiger partial charge in [0.05, 0.1) is 31.3 Å². The molecule has 0 spiro atoms. The molecule has 0 saturated carbocycles. The lowest BCUT2D eigenvalue weighted by atomic mass is 10.2. The number of sulfonamides is 1. The predicted octanol–water partition coefficient (Wildman–Crippen LogP) is 2.91. The summed E-state index contributed by atoms with van der Waals surface area (Å²) in [6.07, 6.45) is 0. The van der Waals surface area contributed by atoms with Crippen molar-refractivity contribution in [2.45, 2.75) is 10.1 Å². The van der Waals surface area contributed by atoms with Crippen molar-refractivity contribution in [3.63, 3.8) is 0 Å². The number of aromatic nitrogens is 3. The van der Waals surface area contributed by atoms with Crippen LogP contribution in [0, 0.1) is 0 Å². The quantitative estimate of drug-likeness (QED) is 0.361. The fourth-order valence-corrected chi connectivity index (χ4v) is 4.15. The molecule has 0 unspecified atom stereocenters. The number of ether oxygens (including phenoxy) is 3. The van der Waals surface area contributed by atoms with Crippen LogP contribution >= 0.6 is 11.8 Å². The highest BCUT2D eigenvalue weighted by atomic mass is 32.2. The first kappa shape index (κ1) is 22.9. The maximum atomic E-state index is 12.1. The SMILES string of the molecule is COc1ccc(-c2nc(SCCOc3ccc(S(=O)(=O)N(C)C)cc3)n[nH]2)c(OC)c1. The topological polar surface area (TPSA) is 107 Å². The number of H-pyrrole nitrogens is 1. The minimum Gasteiger partial charge on any atom is -0.497 e. The van der Waals surface area contributed by atoms with Crippen molar-refractivity contribution in [1.29, 1.82) is 0 Å². The molecule has 0 bridgehead atoms. The maximum Gasteiger partial charge on any atom is 0.242 e. The lowest BCUT2D eigenvalue weighted by Gasteiger charge is -2.12. The predicted molar refractivity (Wildman–Crippen MR) is 118 cm³/mol. The first-order valence-electron chi connectivity index (χ1n) is 9.28. The average molecular weight is 465 g/mol. The molecule has 0 atom stereocenters. The van der Waals surface area contributed by atoms with Crippen LogP contribution in [0.4, 0.5) is 0 Å². The fourth-order valence-electron chi connectivity index (χ4n) is 2.64. The zero-order valence-electron chi connectivity index (χ0n) is 17.7. The second-order valence-corrected chi connectivity index (χ2v) is 9.70. The summed E-state index contributed by atoms with van der Waals surface area (Å²) in [7, 11) is 2.73. The summed E-state index contributed by atoms with van der Waals surface area (Å²) < 4.78 is 41.6. The van der Waals surface area contributed by atoms with Crippen LogP contribution in [0.25, 0.3) is 11.4 Å². The monoisotopic (exact) mass is 464 g/mol. The summed E-state index contributed by atoms with van der Waals surface area (Å²) in [5.41, 5.74) is 0.784. The van der Waals surface area contributed by atoms with Crippen molar-refractivity contribution < 1.29 is 22.6 Å². The van der Waals surface area contributed by atoms with Crippen LogP contribution in [-0.2, 0) is 10.0 Å². The highest BCUT2D eigenvalue weighted by molar-refractivity contribution is 7.99. The molecule has 1 N–H and O–H groups in total. The van der Waals surface area contributed by atoms with Gasteiger partial charge < -0.3 is 14.2 Å². The maximum absolute atomic E-state index is 12.1. The van der Waals surface area contributed by atoms with Crippen LogP contribution in [0.1, 0.15) is 0 Å². The number of methoxy groups -OCH3 is 2. The molecule has 3 aromatic rings. The first-order valence-corrected chi connectivity index (χ1v) is 11.7. The molecule has 0 saturated heterocycles. The van der Waals surface area contributed by atoms with Gasteiger partial charge in [0.15, 0.2) is 5.82 Å². The number of hydrogen-bond donors (Lipinski definition) is 1. The highest BCUT2D eigenvalue weighted by Gasteiger charge is 2.17. The Kier molecular flexibility index (Phi) is 7.42. The molecule has 0 amide bonds. The molecule has 0 aliphatic heterocycles. The molecule has 9 nitrogen and oxygen atoms in total. The number of hydrogen-bond acceptors (Lipinski definition) is 8. The molecule has 3 rings (SSSR count). The van der Waals surface area contributed by atoms with Gasteiger partial charge in [0.1, 0.15) is 17.2 Å². The lowest BCUT2D eigenvalue weighted by molar-refractivity contribution is 0.343. The second-order valence-electron chi connectivity index (χ2n) is 6.49. The number of aromatic amines is 1. The summed E-state index contributed by atoms with van der Waals surface area (Å²) in [5.74, 6) is 3.14. The largest absolute Gasteiger partial charge is 0.497 e. The van der Waals surface area contributed by atoms with Crippen LogP contribution in [0.15, 0.2) is 52.5 Å². The third-order valence-electron chi connectivity index (χ3n) is 4.31. The molecule has 0 radical (unpaired) electrons. The van der Waals surface area contributed by atoms with E-state index in [0.29, 0.717) is 40.6 Å². The van der Waals surface area contributed by atoms with Crippen LogP contribution in [0.2, 0.25) is 0 Å². The molecule has 11 heteroatoms. The molecule has 1 heterocycles. The van der Waals surface area contributed by atoms with Crippen LogP contribution in [-0.4, -0.2) is 68.6 Å². The van der Waals surface area contributed by atoms with Crippen LogP contribution < -0.4 is 14.2 Å². The Morgan fingerprint density at radius 1 is 1.03 bits per heavy atom. The van der Waals surface area contributed by atoms with Crippen molar-refractivity contribution >= 4 is 21.8 Å². The zero-order chi connectivity index (χ0) is 22.4. The number of nitrogens with one attached hydrogen (secondary N) is 1. The van der Waals surface area contributed by atoms with E-state index in [1.165, 1.54) is 42.3 Å². The zero-order valence-corrected chi connectivity index (χ0v) is 19.3. The van der Waals surface area contributed by atoms with Crippen LogP contribution in [0.5, 0.6) is 17.2 Å². The number of benzene rings is 2. The third kappa shape index (κ3) is 5.49. The van der Waals surface area contributed by atoms with Gasteiger partial charge in [-0.3, -0.25) is 5.10 Å². The Labute approximate surface area is 185 Å². The summed E-state index contributed by atoms with van der Waals surface area (Å²) >= 11 is 1.44. The molecular formula is C20H24N4O5S2. The van der Waals surface area contributed by atoms with E-state index in [1.54, 1.807) is 32.4 Å². The molecule has 2 aromatic carbocycles. The van der Waals surface area contributed by atoms with Gasteiger partial charge in [0.25, 0.3) is 0 Å². The van der Waals surface area contributed by atoms with Gasteiger partial charge in [-0.1, -0.05) is 11.8 Å². The molecule has 0 aliphatic rings. The molecular weight excluding hydrogens is 440 g/mol. The number of thioether (sulfide) groups is 1. The smallest absolute Gasteiger partial charge is 0.242 e. The van der Waals surface area contributed by atoms with E-state index in [0.717, 1.165) is 5.56 Å². The molecule has 31 heavy (non-hydrogen) atoms. The van der Waals surface area contributed by atoms with E-state index in [9.17, 15) is 8.42 Å². The van der Waals surface area contributed by atoms with Crippen molar-refractivity contribution in [3.8, 4) is 28.6 Å². The van der Waals surface area contributed by atoms with Crippen LogP contribution in [0.3, 0.4) is 0 Å².